The molecule has 0 saturated heterocycles. The molecule has 2 aromatic rings. The van der Waals surface area contributed by atoms with Crippen molar-refractivity contribution >= 4 is 0 Å². The first kappa shape index (κ1) is 18.5. The minimum atomic E-state index is -0.440. The second kappa shape index (κ2) is 8.09. The van der Waals surface area contributed by atoms with E-state index in [-0.39, 0.29) is 25.6 Å². The second-order valence-corrected chi connectivity index (χ2v) is 7.91. The normalized spacial score (nSPS) is 26.0. The Hall–Kier alpha value is -2.50. The molecule has 5 rings (SSSR count). The van der Waals surface area contributed by atoms with E-state index in [4.69, 9.17) is 18.9 Å². The Morgan fingerprint density at radius 1 is 0.897 bits per heavy atom. The van der Waals surface area contributed by atoms with Crippen LogP contribution in [-0.2, 0) is 4.74 Å². The van der Waals surface area contributed by atoms with Gasteiger partial charge in [-0.25, -0.2) is 0 Å². The lowest BCUT2D eigenvalue weighted by Gasteiger charge is -2.32. The third-order valence-electron chi connectivity index (χ3n) is 6.05. The second-order valence-electron chi connectivity index (χ2n) is 7.91. The smallest absolute Gasteiger partial charge is 0.231 e. The van der Waals surface area contributed by atoms with Crippen molar-refractivity contribution in [2.24, 2.45) is 0 Å². The summed E-state index contributed by atoms with van der Waals surface area (Å²) in [6, 6.07) is 14.2. The van der Waals surface area contributed by atoms with Gasteiger partial charge in [-0.3, -0.25) is 0 Å². The molecule has 152 valence electrons. The number of benzene rings is 2. The van der Waals surface area contributed by atoms with Crippen LogP contribution in [0.4, 0.5) is 0 Å². The summed E-state index contributed by atoms with van der Waals surface area (Å²) in [6.07, 6.45) is 8.15. The van der Waals surface area contributed by atoms with Gasteiger partial charge in [0.1, 0.15) is 24.1 Å². The van der Waals surface area contributed by atoms with Gasteiger partial charge >= 0.3 is 0 Å². The van der Waals surface area contributed by atoms with Crippen molar-refractivity contribution < 1.29 is 24.1 Å². The lowest BCUT2D eigenvalue weighted by Crippen LogP contribution is -2.39. The van der Waals surface area contributed by atoms with Gasteiger partial charge in [0.2, 0.25) is 6.79 Å². The van der Waals surface area contributed by atoms with Gasteiger partial charge in [-0.05, 0) is 60.2 Å². The Kier molecular flexibility index (Phi) is 5.17. The first-order valence-electron chi connectivity index (χ1n) is 10.4. The zero-order valence-corrected chi connectivity index (χ0v) is 16.3. The van der Waals surface area contributed by atoms with Gasteiger partial charge in [-0.2, -0.15) is 0 Å². The zero-order valence-electron chi connectivity index (χ0n) is 16.3. The van der Waals surface area contributed by atoms with Crippen molar-refractivity contribution in [1.29, 1.82) is 0 Å². The number of aliphatic hydroxyl groups excluding tert-OH is 1. The predicted molar refractivity (Wildman–Crippen MR) is 108 cm³/mol. The molecule has 3 atom stereocenters. The number of aliphatic hydroxyl groups is 1. The van der Waals surface area contributed by atoms with Gasteiger partial charge in [0.25, 0.3) is 0 Å². The lowest BCUT2D eigenvalue weighted by molar-refractivity contribution is -0.0732. The topological polar surface area (TPSA) is 57.2 Å². The van der Waals surface area contributed by atoms with E-state index in [9.17, 15) is 5.11 Å². The molecule has 0 unspecified atom stereocenters. The van der Waals surface area contributed by atoms with E-state index >= 15 is 0 Å². The van der Waals surface area contributed by atoms with Crippen LogP contribution in [0.25, 0.3) is 0 Å². The molecule has 0 radical (unpaired) electrons. The Bertz CT molecular complexity index is 869. The maximum Gasteiger partial charge on any atom is 0.231 e. The van der Waals surface area contributed by atoms with Crippen LogP contribution in [0.1, 0.15) is 48.8 Å². The molecule has 1 saturated carbocycles. The number of fused-ring (bicyclic) bond motifs is 1. The van der Waals surface area contributed by atoms with Crippen LogP contribution in [0.15, 0.2) is 54.6 Å². The number of hydrogen-bond donors (Lipinski definition) is 1. The molecule has 3 aliphatic rings. The van der Waals surface area contributed by atoms with E-state index in [1.54, 1.807) is 0 Å². The monoisotopic (exact) mass is 394 g/mol. The van der Waals surface area contributed by atoms with Crippen LogP contribution in [0.2, 0.25) is 0 Å². The highest BCUT2D eigenvalue weighted by Gasteiger charge is 2.30. The summed E-state index contributed by atoms with van der Waals surface area (Å²) >= 11 is 0. The first-order chi connectivity index (χ1) is 14.3. The molecule has 0 amide bonds. The summed E-state index contributed by atoms with van der Waals surface area (Å²) in [4.78, 5) is 0. The van der Waals surface area contributed by atoms with Crippen LogP contribution in [0, 0.1) is 0 Å². The maximum absolute atomic E-state index is 9.86. The highest BCUT2D eigenvalue weighted by molar-refractivity contribution is 5.46. The average molecular weight is 394 g/mol. The van der Waals surface area contributed by atoms with Crippen LogP contribution in [0.3, 0.4) is 0 Å². The molecule has 5 heteroatoms. The molecule has 0 bridgehead atoms. The largest absolute Gasteiger partial charge is 0.484 e. The van der Waals surface area contributed by atoms with E-state index in [1.807, 2.05) is 42.5 Å². The van der Waals surface area contributed by atoms with Crippen LogP contribution in [0.5, 0.6) is 17.2 Å². The number of ether oxygens (including phenoxy) is 4. The fourth-order valence-corrected chi connectivity index (χ4v) is 4.42. The van der Waals surface area contributed by atoms with Gasteiger partial charge in [0.05, 0.1) is 6.61 Å². The maximum atomic E-state index is 9.86. The molecule has 5 nitrogen and oxygen atoms in total. The molecule has 2 aliphatic heterocycles. The van der Waals surface area contributed by atoms with Gasteiger partial charge in [-0.1, -0.05) is 37.1 Å². The van der Waals surface area contributed by atoms with Gasteiger partial charge in [0, 0.05) is 0 Å². The summed E-state index contributed by atoms with van der Waals surface area (Å²) in [5, 5.41) is 9.86. The van der Waals surface area contributed by atoms with Crippen LogP contribution >= 0.6 is 0 Å². The molecule has 2 heterocycles. The minimum absolute atomic E-state index is 0.115. The van der Waals surface area contributed by atoms with Crippen molar-refractivity contribution in [2.45, 2.75) is 49.9 Å². The van der Waals surface area contributed by atoms with Crippen molar-refractivity contribution in [1.82, 2.24) is 0 Å². The van der Waals surface area contributed by atoms with E-state index in [2.05, 4.69) is 12.1 Å². The SMILES string of the molecule is OC[C@H]1O[C@H](c2ccc3c(c2)OCO3)C=C[C@@H]1Oc1ccc(C2CCCC2)cc1. The molecule has 0 spiro atoms. The van der Waals surface area contributed by atoms with Crippen molar-refractivity contribution in [3.63, 3.8) is 0 Å². The Balaban J connectivity index is 1.28. The molecular weight excluding hydrogens is 368 g/mol. The Labute approximate surface area is 170 Å². The fraction of sp³-hybridized carbons (Fsp3) is 0.417. The van der Waals surface area contributed by atoms with Gasteiger partial charge in [0.15, 0.2) is 11.5 Å². The third-order valence-corrected chi connectivity index (χ3v) is 6.05. The molecule has 1 N–H and O–H groups in total. The highest BCUT2D eigenvalue weighted by atomic mass is 16.7. The summed E-state index contributed by atoms with van der Waals surface area (Å²) in [6.45, 7) is 0.130. The quantitative estimate of drug-likeness (QED) is 0.757. The van der Waals surface area contributed by atoms with Crippen molar-refractivity contribution in [2.75, 3.05) is 13.4 Å². The van der Waals surface area contributed by atoms with E-state index in [1.165, 1.54) is 31.2 Å². The van der Waals surface area contributed by atoms with Crippen LogP contribution < -0.4 is 14.2 Å². The van der Waals surface area contributed by atoms with Crippen LogP contribution in [-0.4, -0.2) is 30.7 Å². The molecule has 1 fully saturated rings. The van der Waals surface area contributed by atoms with Gasteiger partial charge in [-0.15, -0.1) is 0 Å². The fourth-order valence-electron chi connectivity index (χ4n) is 4.42. The number of rotatable bonds is 5. The summed E-state index contributed by atoms with van der Waals surface area (Å²) in [5.74, 6) is 2.95. The number of hydrogen-bond acceptors (Lipinski definition) is 5. The average Bonchev–Trinajstić information content (AvgIpc) is 3.46. The lowest BCUT2D eigenvalue weighted by atomic mass is 9.98. The summed E-state index contributed by atoms with van der Waals surface area (Å²) in [5.41, 5.74) is 2.36. The van der Waals surface area contributed by atoms with E-state index in [0.29, 0.717) is 5.92 Å². The van der Waals surface area contributed by atoms with E-state index in [0.717, 1.165) is 22.8 Å². The molecule has 0 aromatic heterocycles. The first-order valence-corrected chi connectivity index (χ1v) is 10.4. The van der Waals surface area contributed by atoms with Crippen molar-refractivity contribution in [3.8, 4) is 17.2 Å². The minimum Gasteiger partial charge on any atom is -0.484 e. The summed E-state index contributed by atoms with van der Waals surface area (Å²) in [7, 11) is 0. The zero-order chi connectivity index (χ0) is 19.6. The Morgan fingerprint density at radius 2 is 1.66 bits per heavy atom. The Morgan fingerprint density at radius 3 is 2.45 bits per heavy atom. The molecule has 2 aromatic carbocycles. The van der Waals surface area contributed by atoms with Crippen molar-refractivity contribution in [3.05, 3.63) is 65.7 Å². The molecule has 1 aliphatic carbocycles. The molecule has 29 heavy (non-hydrogen) atoms. The van der Waals surface area contributed by atoms with Gasteiger partial charge < -0.3 is 24.1 Å². The molecular formula is C24H26O5. The summed E-state index contributed by atoms with van der Waals surface area (Å²) < 4.78 is 23.1. The van der Waals surface area contributed by atoms with E-state index < -0.39 is 6.10 Å². The highest BCUT2D eigenvalue weighted by Crippen LogP contribution is 2.37. The third kappa shape index (κ3) is 3.85. The predicted octanol–water partition coefficient (Wildman–Crippen LogP) is 4.51. The standard InChI is InChI=1S/C24H26O5/c25-14-24-22(28-19-8-5-17(6-9-19)16-3-1-2-4-16)12-11-20(29-24)18-7-10-21-23(13-18)27-15-26-21/h5-13,16,20,22,24-25H,1-4,14-15H2/t20-,22-,24+/m0/s1.